The molecule has 0 radical (unpaired) electrons. The molecule has 2 N–H and O–H groups in total. The van der Waals surface area contributed by atoms with Crippen LogP contribution < -0.4 is 4.72 Å². The zero-order valence-electron chi connectivity index (χ0n) is 10.9. The maximum absolute atomic E-state index is 12.2. The minimum absolute atomic E-state index is 0.0584. The Morgan fingerprint density at radius 3 is 2.19 bits per heavy atom. The van der Waals surface area contributed by atoms with Crippen LogP contribution in [0.1, 0.15) is 11.1 Å². The zero-order chi connectivity index (χ0) is 15.5. The monoisotopic (exact) mass is 433 g/mol. The van der Waals surface area contributed by atoms with E-state index >= 15 is 0 Å². The standard InChI is InChI=1S/C14H13Br2NO3S/c15-12-5-6-14(13(16)7-12)17-21(19,20)9-11-3-1-10(8-18)2-4-11/h1-7,17-18H,8-9H2. The summed E-state index contributed by atoms with van der Waals surface area (Å²) in [5.41, 5.74) is 1.90. The van der Waals surface area contributed by atoms with Crippen molar-refractivity contribution in [3.63, 3.8) is 0 Å². The summed E-state index contributed by atoms with van der Waals surface area (Å²) in [6.07, 6.45) is 0. The van der Waals surface area contributed by atoms with Crippen LogP contribution in [-0.4, -0.2) is 13.5 Å². The van der Waals surface area contributed by atoms with Crippen LogP contribution in [0, 0.1) is 0 Å². The van der Waals surface area contributed by atoms with E-state index in [9.17, 15) is 8.42 Å². The van der Waals surface area contributed by atoms with E-state index in [1.54, 1.807) is 42.5 Å². The van der Waals surface area contributed by atoms with Gasteiger partial charge in [0.1, 0.15) is 0 Å². The van der Waals surface area contributed by atoms with Crippen LogP contribution in [0.25, 0.3) is 0 Å². The Labute approximate surface area is 140 Å². The number of hydrogen-bond donors (Lipinski definition) is 2. The first-order valence-electron chi connectivity index (χ1n) is 6.04. The second-order valence-corrected chi connectivity index (χ2v) is 7.95. The van der Waals surface area contributed by atoms with Crippen LogP contribution in [-0.2, 0) is 22.4 Å². The van der Waals surface area contributed by atoms with Crippen molar-refractivity contribution in [2.24, 2.45) is 0 Å². The first-order chi connectivity index (χ1) is 9.89. The summed E-state index contributed by atoms with van der Waals surface area (Å²) in [4.78, 5) is 0. The summed E-state index contributed by atoms with van der Waals surface area (Å²) in [5, 5.41) is 8.97. The lowest BCUT2D eigenvalue weighted by Gasteiger charge is -2.10. The Balaban J connectivity index is 2.14. The highest BCUT2D eigenvalue weighted by Gasteiger charge is 2.13. The first kappa shape index (κ1) is 16.5. The van der Waals surface area contributed by atoms with E-state index in [-0.39, 0.29) is 12.4 Å². The lowest BCUT2D eigenvalue weighted by molar-refractivity contribution is 0.282. The molecule has 2 aromatic rings. The van der Waals surface area contributed by atoms with Crippen LogP contribution >= 0.6 is 31.9 Å². The van der Waals surface area contributed by atoms with E-state index in [0.29, 0.717) is 15.7 Å². The molecule has 0 saturated heterocycles. The number of hydrogen-bond acceptors (Lipinski definition) is 3. The number of aliphatic hydroxyl groups excluding tert-OH is 1. The van der Waals surface area contributed by atoms with E-state index in [1.807, 2.05) is 0 Å². The van der Waals surface area contributed by atoms with E-state index in [4.69, 9.17) is 5.11 Å². The van der Waals surface area contributed by atoms with Gasteiger partial charge in [-0.05, 0) is 45.3 Å². The predicted molar refractivity (Wildman–Crippen MR) is 90.5 cm³/mol. The number of halogens is 2. The normalized spacial score (nSPS) is 11.4. The van der Waals surface area contributed by atoms with Crippen molar-refractivity contribution < 1.29 is 13.5 Å². The van der Waals surface area contributed by atoms with Gasteiger partial charge in [0.25, 0.3) is 0 Å². The smallest absolute Gasteiger partial charge is 0.236 e. The Bertz CT molecular complexity index is 730. The van der Waals surface area contributed by atoms with Gasteiger partial charge < -0.3 is 5.11 Å². The third-order valence-electron chi connectivity index (χ3n) is 2.76. The van der Waals surface area contributed by atoms with Gasteiger partial charge in [0.2, 0.25) is 10.0 Å². The van der Waals surface area contributed by atoms with Gasteiger partial charge in [0.15, 0.2) is 0 Å². The zero-order valence-corrected chi connectivity index (χ0v) is 14.9. The Morgan fingerprint density at radius 2 is 1.62 bits per heavy atom. The van der Waals surface area contributed by atoms with E-state index in [1.165, 1.54) is 0 Å². The quantitative estimate of drug-likeness (QED) is 0.754. The van der Waals surface area contributed by atoms with Gasteiger partial charge in [-0.25, -0.2) is 8.42 Å². The molecule has 2 aromatic carbocycles. The summed E-state index contributed by atoms with van der Waals surface area (Å²) in [5.74, 6) is -0.124. The lowest BCUT2D eigenvalue weighted by atomic mass is 10.2. The highest BCUT2D eigenvalue weighted by molar-refractivity contribution is 9.11. The van der Waals surface area contributed by atoms with Gasteiger partial charge >= 0.3 is 0 Å². The average molecular weight is 435 g/mol. The van der Waals surface area contributed by atoms with E-state index in [2.05, 4.69) is 36.6 Å². The molecule has 0 aliphatic carbocycles. The highest BCUT2D eigenvalue weighted by atomic mass is 79.9. The molecule has 0 saturated carbocycles. The number of sulfonamides is 1. The second kappa shape index (κ2) is 6.91. The number of anilines is 1. The number of rotatable bonds is 5. The highest BCUT2D eigenvalue weighted by Crippen LogP contribution is 2.27. The van der Waals surface area contributed by atoms with Crippen molar-refractivity contribution in [3.8, 4) is 0 Å². The second-order valence-electron chi connectivity index (χ2n) is 4.46. The number of aliphatic hydroxyl groups is 1. The predicted octanol–water partition coefficient (Wildman–Crippen LogP) is 3.65. The molecular weight excluding hydrogens is 422 g/mol. The Kier molecular flexibility index (Phi) is 5.43. The van der Waals surface area contributed by atoms with Crippen molar-refractivity contribution >= 4 is 47.6 Å². The summed E-state index contributed by atoms with van der Waals surface area (Å²) in [7, 11) is -3.50. The van der Waals surface area contributed by atoms with Crippen molar-refractivity contribution in [3.05, 3.63) is 62.5 Å². The van der Waals surface area contributed by atoms with Crippen LogP contribution in [0.3, 0.4) is 0 Å². The fraction of sp³-hybridized carbons (Fsp3) is 0.143. The molecule has 0 aliphatic rings. The summed E-state index contributed by atoms with van der Waals surface area (Å²) in [6, 6.07) is 12.0. The first-order valence-corrected chi connectivity index (χ1v) is 9.28. The maximum Gasteiger partial charge on any atom is 0.236 e. The van der Waals surface area contributed by atoms with E-state index < -0.39 is 10.0 Å². The van der Waals surface area contributed by atoms with Gasteiger partial charge in [-0.1, -0.05) is 40.2 Å². The third-order valence-corrected chi connectivity index (χ3v) is 5.15. The van der Waals surface area contributed by atoms with Crippen LogP contribution in [0.4, 0.5) is 5.69 Å². The topological polar surface area (TPSA) is 66.4 Å². The Morgan fingerprint density at radius 1 is 1.00 bits per heavy atom. The van der Waals surface area contributed by atoms with Crippen LogP contribution in [0.5, 0.6) is 0 Å². The number of benzene rings is 2. The van der Waals surface area contributed by atoms with Gasteiger partial charge in [-0.3, -0.25) is 4.72 Å². The molecule has 0 spiro atoms. The lowest BCUT2D eigenvalue weighted by Crippen LogP contribution is -2.15. The molecule has 2 rings (SSSR count). The maximum atomic E-state index is 12.2. The molecule has 0 unspecified atom stereocenters. The molecule has 0 amide bonds. The van der Waals surface area contributed by atoms with Crippen molar-refractivity contribution in [1.82, 2.24) is 0 Å². The molecule has 0 aromatic heterocycles. The van der Waals surface area contributed by atoms with Gasteiger partial charge in [-0.2, -0.15) is 0 Å². The van der Waals surface area contributed by atoms with Crippen molar-refractivity contribution in [1.29, 1.82) is 0 Å². The molecular formula is C14H13Br2NO3S. The molecule has 0 fully saturated rings. The van der Waals surface area contributed by atoms with Gasteiger partial charge in [-0.15, -0.1) is 0 Å². The third kappa shape index (κ3) is 4.81. The fourth-order valence-corrected chi connectivity index (χ4v) is 4.23. The van der Waals surface area contributed by atoms with Gasteiger partial charge in [0, 0.05) is 8.95 Å². The van der Waals surface area contributed by atoms with Crippen LogP contribution in [0.15, 0.2) is 51.4 Å². The Hall–Kier alpha value is -0.890. The fourth-order valence-electron chi connectivity index (χ4n) is 1.74. The summed E-state index contributed by atoms with van der Waals surface area (Å²) >= 11 is 6.63. The van der Waals surface area contributed by atoms with E-state index in [0.717, 1.165) is 10.0 Å². The van der Waals surface area contributed by atoms with Crippen LogP contribution in [0.2, 0.25) is 0 Å². The minimum Gasteiger partial charge on any atom is -0.392 e. The molecule has 0 aliphatic heterocycles. The van der Waals surface area contributed by atoms with Crippen molar-refractivity contribution in [2.75, 3.05) is 4.72 Å². The minimum atomic E-state index is -3.50. The van der Waals surface area contributed by atoms with Gasteiger partial charge in [0.05, 0.1) is 18.0 Å². The number of nitrogens with one attached hydrogen (secondary N) is 1. The average Bonchev–Trinajstić information content (AvgIpc) is 2.42. The molecule has 4 nitrogen and oxygen atoms in total. The van der Waals surface area contributed by atoms with Crippen molar-refractivity contribution in [2.45, 2.75) is 12.4 Å². The molecule has 112 valence electrons. The molecule has 0 atom stereocenters. The molecule has 0 heterocycles. The summed E-state index contributed by atoms with van der Waals surface area (Å²) in [6.45, 7) is -0.0584. The summed E-state index contributed by atoms with van der Waals surface area (Å²) < 4.78 is 28.4. The molecule has 21 heavy (non-hydrogen) atoms. The molecule has 7 heteroatoms. The SMILES string of the molecule is O=S(=O)(Cc1ccc(CO)cc1)Nc1ccc(Br)cc1Br. The molecule has 0 bridgehead atoms. The largest absolute Gasteiger partial charge is 0.392 e.